The molecule has 0 N–H and O–H groups in total. The zero-order valence-corrected chi connectivity index (χ0v) is 17.9. The lowest BCUT2D eigenvalue weighted by Gasteiger charge is -2.14. The first kappa shape index (κ1) is 19.8. The summed E-state index contributed by atoms with van der Waals surface area (Å²) >= 11 is 14.0. The largest absolute Gasteiger partial charge is 0.495 e. The van der Waals surface area contributed by atoms with Crippen LogP contribution in [0, 0.1) is 6.92 Å². The Bertz CT molecular complexity index is 1160. The molecule has 0 amide bonds. The quantitative estimate of drug-likeness (QED) is 0.346. The SMILES string of the molecule is COc1ccc(Cl)cc1-n1c(SCc2cc(C)on2)nnc1-c1cccc(Cl)c1. The van der Waals surface area contributed by atoms with Crippen LogP contribution in [0.3, 0.4) is 0 Å². The molecule has 4 aromatic rings. The summed E-state index contributed by atoms with van der Waals surface area (Å²) in [6.07, 6.45) is 0. The van der Waals surface area contributed by atoms with Gasteiger partial charge in [0.25, 0.3) is 0 Å². The highest BCUT2D eigenvalue weighted by Crippen LogP contribution is 2.35. The van der Waals surface area contributed by atoms with Gasteiger partial charge < -0.3 is 9.26 Å². The molecule has 9 heteroatoms. The van der Waals surface area contributed by atoms with Crippen LogP contribution < -0.4 is 4.74 Å². The molecule has 2 aromatic carbocycles. The van der Waals surface area contributed by atoms with Crippen molar-refractivity contribution in [2.45, 2.75) is 17.8 Å². The molecule has 148 valence electrons. The predicted molar refractivity (Wildman–Crippen MR) is 114 cm³/mol. The summed E-state index contributed by atoms with van der Waals surface area (Å²) < 4.78 is 12.6. The second-order valence-electron chi connectivity index (χ2n) is 6.19. The number of methoxy groups -OCH3 is 1. The van der Waals surface area contributed by atoms with E-state index in [4.69, 9.17) is 32.5 Å². The molecule has 0 saturated carbocycles. The molecule has 0 fully saturated rings. The number of nitrogens with zero attached hydrogens (tertiary/aromatic N) is 4. The Kier molecular flexibility index (Phi) is 5.80. The van der Waals surface area contributed by atoms with Crippen molar-refractivity contribution < 1.29 is 9.26 Å². The van der Waals surface area contributed by atoms with Crippen molar-refractivity contribution >= 4 is 35.0 Å². The first-order valence-electron chi connectivity index (χ1n) is 8.65. The lowest BCUT2D eigenvalue weighted by molar-refractivity contribution is 0.393. The molecule has 4 rings (SSSR count). The number of rotatable bonds is 6. The van der Waals surface area contributed by atoms with Crippen molar-refractivity contribution in [2.75, 3.05) is 7.11 Å². The molecular weight excluding hydrogens is 431 g/mol. The fraction of sp³-hybridized carbons (Fsp3) is 0.150. The molecule has 6 nitrogen and oxygen atoms in total. The maximum Gasteiger partial charge on any atom is 0.196 e. The molecule has 2 heterocycles. The third-order valence-electron chi connectivity index (χ3n) is 4.12. The summed E-state index contributed by atoms with van der Waals surface area (Å²) in [5.74, 6) is 2.62. The van der Waals surface area contributed by atoms with Gasteiger partial charge in [-0.15, -0.1) is 10.2 Å². The van der Waals surface area contributed by atoms with E-state index in [9.17, 15) is 0 Å². The van der Waals surface area contributed by atoms with Gasteiger partial charge in [-0.05, 0) is 37.3 Å². The van der Waals surface area contributed by atoms with Gasteiger partial charge >= 0.3 is 0 Å². The minimum absolute atomic E-state index is 0.577. The normalized spacial score (nSPS) is 11.0. The van der Waals surface area contributed by atoms with E-state index >= 15 is 0 Å². The first-order valence-corrected chi connectivity index (χ1v) is 10.4. The number of ether oxygens (including phenoxy) is 1. The van der Waals surface area contributed by atoms with Gasteiger partial charge in [0.15, 0.2) is 11.0 Å². The summed E-state index contributed by atoms with van der Waals surface area (Å²) in [5, 5.41) is 14.7. The van der Waals surface area contributed by atoms with Gasteiger partial charge in [-0.25, -0.2) is 0 Å². The Labute approximate surface area is 181 Å². The zero-order chi connectivity index (χ0) is 20.4. The molecule has 2 aromatic heterocycles. The number of thioether (sulfide) groups is 1. The van der Waals surface area contributed by atoms with E-state index in [1.54, 1.807) is 13.2 Å². The van der Waals surface area contributed by atoms with Crippen molar-refractivity contribution in [3.8, 4) is 22.8 Å². The molecular formula is C20H16Cl2N4O2S. The topological polar surface area (TPSA) is 66.0 Å². The molecule has 0 spiro atoms. The smallest absolute Gasteiger partial charge is 0.196 e. The van der Waals surface area contributed by atoms with Crippen LogP contribution in [-0.4, -0.2) is 27.0 Å². The van der Waals surface area contributed by atoms with Gasteiger partial charge in [-0.2, -0.15) is 0 Å². The lowest BCUT2D eigenvalue weighted by atomic mass is 10.2. The van der Waals surface area contributed by atoms with E-state index in [1.165, 1.54) is 11.8 Å². The first-order chi connectivity index (χ1) is 14.0. The molecule has 0 saturated heterocycles. The van der Waals surface area contributed by atoms with Crippen LogP contribution in [0.25, 0.3) is 17.1 Å². The number of hydrogen-bond donors (Lipinski definition) is 0. The van der Waals surface area contributed by atoms with Crippen molar-refractivity contribution in [3.05, 3.63) is 70.0 Å². The van der Waals surface area contributed by atoms with Crippen molar-refractivity contribution in [3.63, 3.8) is 0 Å². The summed E-state index contributed by atoms with van der Waals surface area (Å²) in [6, 6.07) is 14.8. The number of benzene rings is 2. The summed E-state index contributed by atoms with van der Waals surface area (Å²) in [7, 11) is 1.61. The van der Waals surface area contributed by atoms with Crippen LogP contribution in [-0.2, 0) is 5.75 Å². The van der Waals surface area contributed by atoms with Gasteiger partial charge in [-0.3, -0.25) is 4.57 Å². The molecule has 0 bridgehead atoms. The second kappa shape index (κ2) is 8.49. The van der Waals surface area contributed by atoms with Crippen LogP contribution in [0.2, 0.25) is 10.0 Å². The standard InChI is InChI=1S/C20H16Cl2N4O2S/c1-12-8-16(25-28-12)11-29-20-24-23-19(13-4-3-5-14(21)9-13)26(20)17-10-15(22)6-7-18(17)27-2/h3-10H,11H2,1-2H3. The molecule has 0 radical (unpaired) electrons. The Balaban J connectivity index is 1.83. The van der Waals surface area contributed by atoms with E-state index < -0.39 is 0 Å². The Hall–Kier alpha value is -2.48. The Morgan fingerprint density at radius 3 is 2.62 bits per heavy atom. The number of hydrogen-bond acceptors (Lipinski definition) is 6. The van der Waals surface area contributed by atoms with E-state index in [1.807, 2.05) is 54.0 Å². The fourth-order valence-corrected chi connectivity index (χ4v) is 4.04. The van der Waals surface area contributed by atoms with Crippen LogP contribution in [0.1, 0.15) is 11.5 Å². The van der Waals surface area contributed by atoms with Gasteiger partial charge in [0.2, 0.25) is 0 Å². The van der Waals surface area contributed by atoms with Gasteiger partial charge in [-0.1, -0.05) is 52.3 Å². The van der Waals surface area contributed by atoms with Crippen LogP contribution in [0.4, 0.5) is 0 Å². The third kappa shape index (κ3) is 4.27. The highest BCUT2D eigenvalue weighted by Gasteiger charge is 2.20. The highest BCUT2D eigenvalue weighted by atomic mass is 35.5. The predicted octanol–water partition coefficient (Wildman–Crippen LogP) is 5.84. The Morgan fingerprint density at radius 2 is 1.90 bits per heavy atom. The second-order valence-corrected chi connectivity index (χ2v) is 8.00. The molecule has 29 heavy (non-hydrogen) atoms. The van der Waals surface area contributed by atoms with Crippen molar-refractivity contribution in [1.82, 2.24) is 19.9 Å². The number of aromatic nitrogens is 4. The molecule has 0 aliphatic heterocycles. The molecule has 0 aliphatic carbocycles. The van der Waals surface area contributed by atoms with Crippen LogP contribution >= 0.6 is 35.0 Å². The monoisotopic (exact) mass is 446 g/mol. The van der Waals surface area contributed by atoms with E-state index in [-0.39, 0.29) is 0 Å². The highest BCUT2D eigenvalue weighted by molar-refractivity contribution is 7.98. The van der Waals surface area contributed by atoms with Gasteiger partial charge in [0, 0.05) is 27.4 Å². The molecule has 0 atom stereocenters. The van der Waals surface area contributed by atoms with Gasteiger partial charge in [0.1, 0.15) is 11.5 Å². The summed E-state index contributed by atoms with van der Waals surface area (Å²) in [6.45, 7) is 1.86. The van der Waals surface area contributed by atoms with Crippen molar-refractivity contribution in [1.29, 1.82) is 0 Å². The lowest BCUT2D eigenvalue weighted by Crippen LogP contribution is -2.02. The average molecular weight is 447 g/mol. The number of aryl methyl sites for hydroxylation is 1. The third-order valence-corrected chi connectivity index (χ3v) is 5.56. The maximum atomic E-state index is 6.28. The van der Waals surface area contributed by atoms with Crippen molar-refractivity contribution in [2.24, 2.45) is 0 Å². The van der Waals surface area contributed by atoms with E-state index in [0.29, 0.717) is 32.5 Å². The average Bonchev–Trinajstić information content (AvgIpc) is 3.32. The minimum atomic E-state index is 0.577. The maximum absolute atomic E-state index is 6.28. The Morgan fingerprint density at radius 1 is 1.07 bits per heavy atom. The summed E-state index contributed by atoms with van der Waals surface area (Å²) in [4.78, 5) is 0. The minimum Gasteiger partial charge on any atom is -0.495 e. The molecule has 0 aliphatic rings. The summed E-state index contributed by atoms with van der Waals surface area (Å²) in [5.41, 5.74) is 2.39. The van der Waals surface area contributed by atoms with Gasteiger partial charge in [0.05, 0.1) is 18.5 Å². The molecule has 0 unspecified atom stereocenters. The van der Waals surface area contributed by atoms with E-state index in [0.717, 1.165) is 22.7 Å². The van der Waals surface area contributed by atoms with E-state index in [2.05, 4.69) is 15.4 Å². The zero-order valence-electron chi connectivity index (χ0n) is 15.6. The van der Waals surface area contributed by atoms with Crippen LogP contribution in [0.15, 0.2) is 58.2 Å². The number of halogens is 2. The fourth-order valence-electron chi connectivity index (χ4n) is 2.86. The van der Waals surface area contributed by atoms with Crippen LogP contribution in [0.5, 0.6) is 5.75 Å².